The van der Waals surface area contributed by atoms with E-state index in [-0.39, 0.29) is 5.15 Å². The van der Waals surface area contributed by atoms with Crippen molar-refractivity contribution in [2.75, 3.05) is 0 Å². The molecule has 0 aliphatic carbocycles. The van der Waals surface area contributed by atoms with Gasteiger partial charge < -0.3 is 0 Å². The van der Waals surface area contributed by atoms with E-state index in [4.69, 9.17) is 16.9 Å². The standard InChI is InChI=1S/C9H4ClIN4/c10-8-1-6(3-12)2-9(14-8)15-5-7(11)4-13-15/h1-2,4-5H. The van der Waals surface area contributed by atoms with Crippen LogP contribution in [-0.4, -0.2) is 14.8 Å². The fourth-order valence-electron chi connectivity index (χ4n) is 1.09. The van der Waals surface area contributed by atoms with Crippen molar-refractivity contribution in [3.8, 4) is 11.9 Å². The molecule has 0 aromatic carbocycles. The molecular weight excluding hydrogens is 326 g/mol. The minimum absolute atomic E-state index is 0.287. The summed E-state index contributed by atoms with van der Waals surface area (Å²) >= 11 is 7.93. The molecular formula is C9H4ClIN4. The fourth-order valence-corrected chi connectivity index (χ4v) is 1.68. The first-order valence-electron chi connectivity index (χ1n) is 3.97. The third kappa shape index (κ3) is 2.27. The Hall–Kier alpha value is -1.13. The summed E-state index contributed by atoms with van der Waals surface area (Å²) in [5.41, 5.74) is 0.468. The van der Waals surface area contributed by atoms with Crippen LogP contribution in [0.1, 0.15) is 5.56 Å². The summed E-state index contributed by atoms with van der Waals surface area (Å²) in [5, 5.41) is 13.1. The summed E-state index contributed by atoms with van der Waals surface area (Å²) in [5.74, 6) is 0.543. The third-order valence-electron chi connectivity index (χ3n) is 1.70. The zero-order valence-corrected chi connectivity index (χ0v) is 10.3. The maximum absolute atomic E-state index is 8.77. The molecule has 0 bridgehead atoms. The van der Waals surface area contributed by atoms with Gasteiger partial charge in [0.15, 0.2) is 5.82 Å². The largest absolute Gasteiger partial charge is 0.221 e. The number of pyridine rings is 1. The zero-order chi connectivity index (χ0) is 10.8. The number of hydrogen-bond acceptors (Lipinski definition) is 3. The van der Waals surface area contributed by atoms with Gasteiger partial charge in [0, 0.05) is 12.3 Å². The van der Waals surface area contributed by atoms with Crippen LogP contribution in [0.15, 0.2) is 24.5 Å². The van der Waals surface area contributed by atoms with E-state index in [9.17, 15) is 0 Å². The number of hydrogen-bond donors (Lipinski definition) is 0. The molecule has 0 N–H and O–H groups in total. The molecule has 4 nitrogen and oxygen atoms in total. The smallest absolute Gasteiger partial charge is 0.156 e. The van der Waals surface area contributed by atoms with Crippen molar-refractivity contribution in [3.63, 3.8) is 0 Å². The number of nitriles is 1. The average Bonchev–Trinajstić information content (AvgIpc) is 2.64. The molecule has 0 amide bonds. The molecule has 0 radical (unpaired) electrons. The summed E-state index contributed by atoms with van der Waals surface area (Å²) in [7, 11) is 0. The van der Waals surface area contributed by atoms with Gasteiger partial charge in [-0.1, -0.05) is 11.6 Å². The molecule has 6 heteroatoms. The Labute approximate surface area is 105 Å². The number of nitrogens with zero attached hydrogens (tertiary/aromatic N) is 4. The van der Waals surface area contributed by atoms with Crippen LogP contribution in [0.2, 0.25) is 5.15 Å². The normalized spacial score (nSPS) is 9.93. The van der Waals surface area contributed by atoms with Crippen molar-refractivity contribution in [1.82, 2.24) is 14.8 Å². The van der Waals surface area contributed by atoms with E-state index in [1.807, 2.05) is 6.07 Å². The highest BCUT2D eigenvalue weighted by Crippen LogP contribution is 2.14. The molecule has 2 aromatic rings. The first kappa shape index (κ1) is 10.4. The maximum atomic E-state index is 8.77. The van der Waals surface area contributed by atoms with Crippen molar-refractivity contribution >= 4 is 34.2 Å². The molecule has 0 spiro atoms. The Morgan fingerprint density at radius 3 is 2.87 bits per heavy atom. The predicted octanol–water partition coefficient (Wildman–Crippen LogP) is 2.40. The summed E-state index contributed by atoms with van der Waals surface area (Å²) in [4.78, 5) is 4.08. The van der Waals surface area contributed by atoms with Crippen molar-refractivity contribution < 1.29 is 0 Å². The number of halogens is 2. The van der Waals surface area contributed by atoms with Gasteiger partial charge in [0.25, 0.3) is 0 Å². The van der Waals surface area contributed by atoms with Crippen LogP contribution >= 0.6 is 34.2 Å². The van der Waals surface area contributed by atoms with Gasteiger partial charge in [-0.25, -0.2) is 9.67 Å². The maximum Gasteiger partial charge on any atom is 0.156 e. The molecule has 2 heterocycles. The zero-order valence-electron chi connectivity index (χ0n) is 7.35. The lowest BCUT2D eigenvalue weighted by molar-refractivity contribution is 0.846. The summed E-state index contributed by atoms with van der Waals surface area (Å²) in [6.45, 7) is 0. The lowest BCUT2D eigenvalue weighted by atomic mass is 10.3. The Bertz CT molecular complexity index is 543. The van der Waals surface area contributed by atoms with Gasteiger partial charge in [0.1, 0.15) is 5.15 Å². The molecule has 74 valence electrons. The fraction of sp³-hybridized carbons (Fsp3) is 0. The Balaban J connectivity index is 2.54. The van der Waals surface area contributed by atoms with E-state index in [1.54, 1.807) is 23.1 Å². The lowest BCUT2D eigenvalue weighted by Crippen LogP contribution is -1.98. The Morgan fingerprint density at radius 1 is 1.47 bits per heavy atom. The van der Waals surface area contributed by atoms with Gasteiger partial charge in [-0.2, -0.15) is 10.4 Å². The van der Waals surface area contributed by atoms with Crippen LogP contribution in [0, 0.1) is 14.9 Å². The van der Waals surface area contributed by atoms with Crippen molar-refractivity contribution in [2.45, 2.75) is 0 Å². The van der Waals surface area contributed by atoms with Crippen LogP contribution in [0.5, 0.6) is 0 Å². The highest BCUT2D eigenvalue weighted by Gasteiger charge is 2.04. The monoisotopic (exact) mass is 330 g/mol. The van der Waals surface area contributed by atoms with E-state index in [2.05, 4.69) is 32.7 Å². The highest BCUT2D eigenvalue weighted by molar-refractivity contribution is 14.1. The summed E-state index contributed by atoms with van der Waals surface area (Å²) in [6, 6.07) is 5.16. The summed E-state index contributed by atoms with van der Waals surface area (Å²) in [6.07, 6.45) is 3.51. The van der Waals surface area contributed by atoms with Crippen molar-refractivity contribution in [3.05, 3.63) is 38.8 Å². The van der Waals surface area contributed by atoms with Gasteiger partial charge in [-0.15, -0.1) is 0 Å². The molecule has 0 saturated heterocycles. The van der Waals surface area contributed by atoms with Gasteiger partial charge in [0.2, 0.25) is 0 Å². The van der Waals surface area contributed by atoms with Gasteiger partial charge in [0.05, 0.1) is 21.4 Å². The lowest BCUT2D eigenvalue weighted by Gasteiger charge is -2.00. The molecule has 0 fully saturated rings. The molecule has 0 aliphatic rings. The van der Waals surface area contributed by atoms with Gasteiger partial charge in [-0.3, -0.25) is 0 Å². The molecule has 0 atom stereocenters. The molecule has 0 unspecified atom stereocenters. The van der Waals surface area contributed by atoms with Crippen LogP contribution in [0.25, 0.3) is 5.82 Å². The Kier molecular flexibility index (Phi) is 2.88. The topological polar surface area (TPSA) is 54.5 Å². The minimum atomic E-state index is 0.287. The predicted molar refractivity (Wildman–Crippen MR) is 63.8 cm³/mol. The highest BCUT2D eigenvalue weighted by atomic mass is 127. The average molecular weight is 331 g/mol. The third-order valence-corrected chi connectivity index (χ3v) is 2.45. The van der Waals surface area contributed by atoms with Crippen LogP contribution in [0.4, 0.5) is 0 Å². The Morgan fingerprint density at radius 2 is 2.27 bits per heavy atom. The second kappa shape index (κ2) is 4.16. The first-order valence-corrected chi connectivity index (χ1v) is 5.43. The molecule has 2 rings (SSSR count). The van der Waals surface area contributed by atoms with Crippen LogP contribution in [-0.2, 0) is 0 Å². The van der Waals surface area contributed by atoms with E-state index < -0.39 is 0 Å². The van der Waals surface area contributed by atoms with Gasteiger partial charge >= 0.3 is 0 Å². The molecule has 0 saturated carbocycles. The SMILES string of the molecule is N#Cc1cc(Cl)nc(-n2cc(I)cn2)c1. The van der Waals surface area contributed by atoms with Crippen LogP contribution in [0.3, 0.4) is 0 Å². The summed E-state index contributed by atoms with van der Waals surface area (Å²) < 4.78 is 2.57. The van der Waals surface area contributed by atoms with Crippen molar-refractivity contribution in [2.24, 2.45) is 0 Å². The van der Waals surface area contributed by atoms with Crippen LogP contribution < -0.4 is 0 Å². The molecule has 15 heavy (non-hydrogen) atoms. The van der Waals surface area contributed by atoms with Gasteiger partial charge in [-0.05, 0) is 28.7 Å². The van der Waals surface area contributed by atoms with Crippen molar-refractivity contribution in [1.29, 1.82) is 5.26 Å². The molecule has 2 aromatic heterocycles. The van der Waals surface area contributed by atoms with E-state index >= 15 is 0 Å². The quantitative estimate of drug-likeness (QED) is 0.596. The minimum Gasteiger partial charge on any atom is -0.221 e. The van der Waals surface area contributed by atoms with E-state index in [1.165, 1.54) is 6.07 Å². The van der Waals surface area contributed by atoms with E-state index in [0.717, 1.165) is 3.57 Å². The van der Waals surface area contributed by atoms with E-state index in [0.29, 0.717) is 11.4 Å². The molecule has 0 aliphatic heterocycles. The second-order valence-corrected chi connectivity index (χ2v) is 4.38. The number of aromatic nitrogens is 3. The second-order valence-electron chi connectivity index (χ2n) is 2.75. The number of rotatable bonds is 1. The first-order chi connectivity index (χ1) is 7.19.